The first-order chi connectivity index (χ1) is 7.31. The monoisotopic (exact) mass is 212 g/mol. The van der Waals surface area contributed by atoms with Crippen LogP contribution in [0, 0.1) is 5.82 Å². The first-order valence-corrected chi connectivity index (χ1v) is 4.83. The molecule has 0 aromatic carbocycles. The third kappa shape index (κ3) is 2.21. The molecule has 0 spiro atoms. The van der Waals surface area contributed by atoms with E-state index >= 15 is 0 Å². The van der Waals surface area contributed by atoms with E-state index in [1.807, 2.05) is 4.90 Å². The molecule has 0 radical (unpaired) electrons. The van der Waals surface area contributed by atoms with Gasteiger partial charge in [0.25, 0.3) is 0 Å². The highest BCUT2D eigenvalue weighted by atomic mass is 19.1. The fourth-order valence-corrected chi connectivity index (χ4v) is 1.57. The van der Waals surface area contributed by atoms with Crippen LogP contribution in [0.3, 0.4) is 0 Å². The minimum atomic E-state index is -0.434. The molecule has 2 rings (SSSR count). The normalized spacial score (nSPS) is 21.7. The Hall–Kier alpha value is -1.27. The number of nitrogens with two attached hydrogens (primary N) is 1. The Morgan fingerprint density at radius 1 is 1.53 bits per heavy atom. The molecule has 82 valence electrons. The van der Waals surface area contributed by atoms with E-state index in [9.17, 15) is 4.39 Å². The number of nitrogens with zero attached hydrogens (tertiary/aromatic N) is 3. The van der Waals surface area contributed by atoms with E-state index in [1.54, 1.807) is 0 Å². The Bertz CT molecular complexity index is 318. The van der Waals surface area contributed by atoms with Gasteiger partial charge in [0.1, 0.15) is 0 Å². The molecule has 6 heteroatoms. The lowest BCUT2D eigenvalue weighted by Gasteiger charge is -2.34. The molecule has 1 saturated heterocycles. The zero-order valence-corrected chi connectivity index (χ0v) is 8.27. The fourth-order valence-electron chi connectivity index (χ4n) is 1.57. The molecule has 1 fully saturated rings. The van der Waals surface area contributed by atoms with Crippen LogP contribution in [0.5, 0.6) is 0 Å². The van der Waals surface area contributed by atoms with Crippen molar-refractivity contribution in [2.24, 2.45) is 5.73 Å². The lowest BCUT2D eigenvalue weighted by molar-refractivity contribution is 0.0954. The standard InChI is InChI=1S/C9H13FN4O/c10-7-4-12-9(13-5-7)14-1-2-15-6-8(14)3-11/h4-5,8H,1-3,6,11H2. The molecule has 0 aliphatic carbocycles. The summed E-state index contributed by atoms with van der Waals surface area (Å²) in [5.41, 5.74) is 5.61. The predicted molar refractivity (Wildman–Crippen MR) is 53.0 cm³/mol. The number of anilines is 1. The highest BCUT2D eigenvalue weighted by Gasteiger charge is 2.23. The van der Waals surface area contributed by atoms with Crippen molar-refractivity contribution in [3.63, 3.8) is 0 Å². The van der Waals surface area contributed by atoms with Gasteiger partial charge in [-0.3, -0.25) is 0 Å². The van der Waals surface area contributed by atoms with Crippen molar-refractivity contribution < 1.29 is 9.13 Å². The van der Waals surface area contributed by atoms with Crippen LogP contribution in [0.15, 0.2) is 12.4 Å². The summed E-state index contributed by atoms with van der Waals surface area (Å²) in [4.78, 5) is 9.81. The van der Waals surface area contributed by atoms with Gasteiger partial charge in [0.2, 0.25) is 5.95 Å². The van der Waals surface area contributed by atoms with Crippen LogP contribution in [0.2, 0.25) is 0 Å². The maximum Gasteiger partial charge on any atom is 0.225 e. The quantitative estimate of drug-likeness (QED) is 0.734. The van der Waals surface area contributed by atoms with Crippen LogP contribution in [-0.2, 0) is 4.74 Å². The summed E-state index contributed by atoms with van der Waals surface area (Å²) in [6.07, 6.45) is 2.32. The smallest absolute Gasteiger partial charge is 0.225 e. The van der Waals surface area contributed by atoms with E-state index in [4.69, 9.17) is 10.5 Å². The van der Waals surface area contributed by atoms with Crippen LogP contribution >= 0.6 is 0 Å². The van der Waals surface area contributed by atoms with Crippen molar-refractivity contribution in [2.75, 3.05) is 31.2 Å². The maximum atomic E-state index is 12.6. The van der Waals surface area contributed by atoms with Crippen LogP contribution < -0.4 is 10.6 Å². The Labute approximate surface area is 87.1 Å². The average Bonchev–Trinajstić information content (AvgIpc) is 2.30. The van der Waals surface area contributed by atoms with Gasteiger partial charge in [0.05, 0.1) is 31.6 Å². The van der Waals surface area contributed by atoms with Crippen LogP contribution in [0.25, 0.3) is 0 Å². The molecule has 0 amide bonds. The Morgan fingerprint density at radius 3 is 2.93 bits per heavy atom. The minimum Gasteiger partial charge on any atom is -0.377 e. The number of morpholine rings is 1. The zero-order valence-electron chi connectivity index (χ0n) is 8.27. The second-order valence-electron chi connectivity index (χ2n) is 3.36. The Balaban J connectivity index is 2.16. The lowest BCUT2D eigenvalue weighted by Crippen LogP contribution is -2.50. The van der Waals surface area contributed by atoms with Gasteiger partial charge in [-0.15, -0.1) is 0 Å². The van der Waals surface area contributed by atoms with Gasteiger partial charge in [-0.2, -0.15) is 0 Å². The second kappa shape index (κ2) is 4.50. The summed E-state index contributed by atoms with van der Waals surface area (Å²) in [6, 6.07) is 0.0733. The molecule has 1 aromatic rings. The summed E-state index contributed by atoms with van der Waals surface area (Å²) >= 11 is 0. The van der Waals surface area contributed by atoms with Gasteiger partial charge in [0.15, 0.2) is 5.82 Å². The highest BCUT2D eigenvalue weighted by Crippen LogP contribution is 2.13. The zero-order chi connectivity index (χ0) is 10.7. The molecule has 1 aromatic heterocycles. The van der Waals surface area contributed by atoms with E-state index in [0.717, 1.165) is 12.4 Å². The highest BCUT2D eigenvalue weighted by molar-refractivity contribution is 5.31. The molecule has 2 heterocycles. The molecule has 0 saturated carbocycles. The molecular formula is C9H13FN4O. The largest absolute Gasteiger partial charge is 0.377 e. The van der Waals surface area contributed by atoms with E-state index in [1.165, 1.54) is 0 Å². The molecule has 1 aliphatic heterocycles. The number of ether oxygens (including phenoxy) is 1. The van der Waals surface area contributed by atoms with Crippen molar-refractivity contribution in [3.05, 3.63) is 18.2 Å². The summed E-state index contributed by atoms with van der Waals surface area (Å²) in [6.45, 7) is 2.35. The van der Waals surface area contributed by atoms with Crippen LogP contribution in [0.1, 0.15) is 0 Å². The Morgan fingerprint density at radius 2 is 2.27 bits per heavy atom. The molecule has 15 heavy (non-hydrogen) atoms. The van der Waals surface area contributed by atoms with Gasteiger partial charge < -0.3 is 15.4 Å². The third-order valence-corrected chi connectivity index (χ3v) is 2.36. The van der Waals surface area contributed by atoms with Gasteiger partial charge in [-0.05, 0) is 0 Å². The van der Waals surface area contributed by atoms with Gasteiger partial charge in [-0.1, -0.05) is 0 Å². The summed E-state index contributed by atoms with van der Waals surface area (Å²) < 4.78 is 17.9. The predicted octanol–water partition coefficient (Wildman–Crippen LogP) is -0.220. The number of hydrogen-bond acceptors (Lipinski definition) is 5. The number of hydrogen-bond donors (Lipinski definition) is 1. The molecule has 1 unspecified atom stereocenters. The molecule has 2 N–H and O–H groups in total. The van der Waals surface area contributed by atoms with Crippen molar-refractivity contribution >= 4 is 5.95 Å². The van der Waals surface area contributed by atoms with Gasteiger partial charge in [-0.25, -0.2) is 14.4 Å². The second-order valence-corrected chi connectivity index (χ2v) is 3.36. The topological polar surface area (TPSA) is 64.3 Å². The fraction of sp³-hybridized carbons (Fsp3) is 0.556. The van der Waals surface area contributed by atoms with Crippen molar-refractivity contribution in [1.82, 2.24) is 9.97 Å². The summed E-state index contributed by atoms with van der Waals surface area (Å²) in [5, 5.41) is 0. The molecular weight excluding hydrogens is 199 g/mol. The number of rotatable bonds is 2. The van der Waals surface area contributed by atoms with Crippen molar-refractivity contribution in [3.8, 4) is 0 Å². The maximum absolute atomic E-state index is 12.6. The van der Waals surface area contributed by atoms with Crippen molar-refractivity contribution in [2.45, 2.75) is 6.04 Å². The van der Waals surface area contributed by atoms with Gasteiger partial charge >= 0.3 is 0 Å². The average molecular weight is 212 g/mol. The van der Waals surface area contributed by atoms with E-state index in [-0.39, 0.29) is 6.04 Å². The summed E-state index contributed by atoms with van der Waals surface area (Å²) in [5.74, 6) is 0.0754. The van der Waals surface area contributed by atoms with E-state index in [0.29, 0.717) is 32.3 Å². The van der Waals surface area contributed by atoms with Gasteiger partial charge in [0, 0.05) is 13.1 Å². The van der Waals surface area contributed by atoms with E-state index < -0.39 is 5.82 Å². The van der Waals surface area contributed by atoms with Crippen LogP contribution in [-0.4, -0.2) is 42.3 Å². The first kappa shape index (κ1) is 10.3. The van der Waals surface area contributed by atoms with Crippen LogP contribution in [0.4, 0.5) is 10.3 Å². The molecule has 0 bridgehead atoms. The Kier molecular flexibility index (Phi) is 3.08. The van der Waals surface area contributed by atoms with Crippen molar-refractivity contribution in [1.29, 1.82) is 0 Å². The molecule has 1 aliphatic rings. The van der Waals surface area contributed by atoms with E-state index in [2.05, 4.69) is 9.97 Å². The number of halogens is 1. The number of aromatic nitrogens is 2. The lowest BCUT2D eigenvalue weighted by atomic mass is 10.2. The SMILES string of the molecule is NCC1COCCN1c1ncc(F)cn1. The summed E-state index contributed by atoms with van der Waals surface area (Å²) in [7, 11) is 0. The molecule has 5 nitrogen and oxygen atoms in total. The molecule has 1 atom stereocenters. The third-order valence-electron chi connectivity index (χ3n) is 2.36. The minimum absolute atomic E-state index is 0.0733. The first-order valence-electron chi connectivity index (χ1n) is 4.83.